The molecule has 1 aliphatic carbocycles. The zero-order chi connectivity index (χ0) is 32.8. The number of nitrogens with one attached hydrogen (secondary N) is 1. The van der Waals surface area contributed by atoms with Crippen LogP contribution < -0.4 is 10.9 Å². The summed E-state index contributed by atoms with van der Waals surface area (Å²) in [6.07, 6.45) is -1.32. The summed E-state index contributed by atoms with van der Waals surface area (Å²) in [5.41, 5.74) is 3.83. The lowest BCUT2D eigenvalue weighted by atomic mass is 9.99. The van der Waals surface area contributed by atoms with Gasteiger partial charge in [0, 0.05) is 30.1 Å². The molecule has 0 aliphatic heterocycles. The number of thioether (sulfide) groups is 1. The lowest BCUT2D eigenvalue weighted by molar-refractivity contribution is -0.137. The van der Waals surface area contributed by atoms with Gasteiger partial charge in [0.05, 0.1) is 5.56 Å². The summed E-state index contributed by atoms with van der Waals surface area (Å²) in [6.45, 7) is 1.12. The lowest BCUT2D eigenvalue weighted by Gasteiger charge is -2.26. The first kappa shape index (κ1) is 33.4. The number of carbonyl (C=O) groups excluding carboxylic acids is 1. The number of alkyl halides is 3. The van der Waals surface area contributed by atoms with Crippen molar-refractivity contribution in [1.29, 1.82) is 0 Å². The SMILES string of the molecule is CN(C)CCNC(=O)C(CCc1ccc(-c2ccc(C(F)(F)F)cc2)cc1)n1c(SCc2ccc(F)cc2)nc(=O)c2c1CCC2. The van der Waals surface area contributed by atoms with E-state index in [1.54, 1.807) is 12.1 Å². The van der Waals surface area contributed by atoms with Gasteiger partial charge in [-0.25, -0.2) is 4.39 Å². The van der Waals surface area contributed by atoms with Crippen molar-refractivity contribution in [2.75, 3.05) is 27.2 Å². The van der Waals surface area contributed by atoms with E-state index in [9.17, 15) is 27.2 Å². The number of carbonyl (C=O) groups is 1. The number of hydrogen-bond acceptors (Lipinski definition) is 5. The Morgan fingerprint density at radius 2 is 1.59 bits per heavy atom. The molecule has 1 unspecified atom stereocenters. The number of hydrogen-bond donors (Lipinski definition) is 1. The standard InChI is InChI=1S/C35H36F4N4O2S/c1-42(2)21-20-40-33(45)31(19-10-23-6-11-25(12-7-23)26-13-15-27(16-14-26)35(37,38)39)43-30-5-3-4-29(30)32(44)41-34(43)46-22-24-8-17-28(36)18-9-24/h6-9,11-18,31H,3-5,10,19-22H2,1-2H3,(H,40,45). The van der Waals surface area contributed by atoms with Gasteiger partial charge in [-0.15, -0.1) is 0 Å². The third-order valence-corrected chi connectivity index (χ3v) is 9.12. The molecule has 1 atom stereocenters. The topological polar surface area (TPSA) is 67.2 Å². The van der Waals surface area contributed by atoms with Gasteiger partial charge in [0.1, 0.15) is 11.9 Å². The molecule has 0 fully saturated rings. The monoisotopic (exact) mass is 652 g/mol. The van der Waals surface area contributed by atoms with E-state index in [-0.39, 0.29) is 17.3 Å². The molecule has 1 N–H and O–H groups in total. The van der Waals surface area contributed by atoms with Gasteiger partial charge in [-0.05, 0) is 92.7 Å². The van der Waals surface area contributed by atoms with Gasteiger partial charge in [-0.1, -0.05) is 60.3 Å². The molecule has 1 aromatic heterocycles. The molecule has 1 aliphatic rings. The van der Waals surface area contributed by atoms with E-state index in [0.717, 1.165) is 40.9 Å². The summed E-state index contributed by atoms with van der Waals surface area (Å²) in [7, 11) is 3.86. The molecule has 0 radical (unpaired) electrons. The molecule has 5 rings (SSSR count). The van der Waals surface area contributed by atoms with Crippen LogP contribution in [0.5, 0.6) is 0 Å². The van der Waals surface area contributed by atoms with Crippen LogP contribution in [-0.4, -0.2) is 47.5 Å². The Balaban J connectivity index is 1.41. The third kappa shape index (κ3) is 8.24. The maximum absolute atomic E-state index is 13.8. The number of rotatable bonds is 12. The highest BCUT2D eigenvalue weighted by Crippen LogP contribution is 2.33. The average molecular weight is 653 g/mol. The second kappa shape index (κ2) is 14.6. The highest BCUT2D eigenvalue weighted by molar-refractivity contribution is 7.98. The van der Waals surface area contributed by atoms with Crippen LogP contribution in [-0.2, 0) is 36.0 Å². The van der Waals surface area contributed by atoms with Crippen LogP contribution in [0.25, 0.3) is 11.1 Å². The molecule has 0 spiro atoms. The minimum absolute atomic E-state index is 0.161. The minimum atomic E-state index is -4.39. The van der Waals surface area contributed by atoms with Crippen molar-refractivity contribution in [2.45, 2.75) is 55.2 Å². The van der Waals surface area contributed by atoms with Gasteiger partial charge in [0.2, 0.25) is 5.91 Å². The molecule has 0 bridgehead atoms. The van der Waals surface area contributed by atoms with Crippen molar-refractivity contribution in [3.05, 3.63) is 117 Å². The van der Waals surface area contributed by atoms with Crippen molar-refractivity contribution in [3.63, 3.8) is 0 Å². The first-order valence-corrected chi connectivity index (χ1v) is 16.2. The molecule has 242 valence electrons. The highest BCUT2D eigenvalue weighted by Gasteiger charge is 2.31. The number of benzene rings is 3. The Bertz CT molecular complexity index is 1700. The quantitative estimate of drug-likeness (QED) is 0.105. The van der Waals surface area contributed by atoms with Gasteiger partial charge in [0.25, 0.3) is 5.56 Å². The molecule has 46 heavy (non-hydrogen) atoms. The Morgan fingerprint density at radius 1 is 0.957 bits per heavy atom. The Kier molecular flexibility index (Phi) is 10.6. The van der Waals surface area contributed by atoms with Crippen LogP contribution >= 0.6 is 11.8 Å². The van der Waals surface area contributed by atoms with Crippen LogP contribution in [0.15, 0.2) is 82.7 Å². The minimum Gasteiger partial charge on any atom is -0.353 e. The second-order valence-electron chi connectivity index (χ2n) is 11.7. The Morgan fingerprint density at radius 3 is 2.22 bits per heavy atom. The van der Waals surface area contributed by atoms with E-state index in [2.05, 4.69) is 10.3 Å². The van der Waals surface area contributed by atoms with E-state index in [4.69, 9.17) is 0 Å². The zero-order valence-corrected chi connectivity index (χ0v) is 26.6. The Labute approximate surface area is 269 Å². The normalized spacial score (nSPS) is 13.5. The molecule has 4 aromatic rings. The van der Waals surface area contributed by atoms with Crippen molar-refractivity contribution in [3.8, 4) is 11.1 Å². The largest absolute Gasteiger partial charge is 0.416 e. The fourth-order valence-electron chi connectivity index (χ4n) is 5.62. The fraction of sp³-hybridized carbons (Fsp3) is 0.343. The number of amides is 1. The molecular formula is C35H36F4N4O2S. The third-order valence-electron chi connectivity index (χ3n) is 8.10. The number of aromatic nitrogens is 2. The van der Waals surface area contributed by atoms with Crippen molar-refractivity contribution in [2.24, 2.45) is 0 Å². The number of fused-ring (bicyclic) bond motifs is 1. The van der Waals surface area contributed by atoms with Crippen LogP contribution in [0.4, 0.5) is 17.6 Å². The summed E-state index contributed by atoms with van der Waals surface area (Å²) >= 11 is 1.36. The predicted molar refractivity (Wildman–Crippen MR) is 172 cm³/mol. The average Bonchev–Trinajstić information content (AvgIpc) is 3.52. The van der Waals surface area contributed by atoms with Crippen LogP contribution in [0.1, 0.15) is 46.8 Å². The summed E-state index contributed by atoms with van der Waals surface area (Å²) < 4.78 is 54.4. The van der Waals surface area contributed by atoms with E-state index in [1.165, 1.54) is 36.0 Å². The summed E-state index contributed by atoms with van der Waals surface area (Å²) in [5.74, 6) is -0.0409. The molecule has 6 nitrogen and oxygen atoms in total. The molecular weight excluding hydrogens is 616 g/mol. The summed E-state index contributed by atoms with van der Waals surface area (Å²) in [4.78, 5) is 33.3. The predicted octanol–water partition coefficient (Wildman–Crippen LogP) is 6.70. The highest BCUT2D eigenvalue weighted by atomic mass is 32.2. The number of nitrogens with zero attached hydrogens (tertiary/aromatic N) is 3. The molecule has 0 saturated heterocycles. The summed E-state index contributed by atoms with van der Waals surface area (Å²) in [5, 5.41) is 3.53. The van der Waals surface area contributed by atoms with Gasteiger partial charge >= 0.3 is 6.18 Å². The van der Waals surface area contributed by atoms with E-state index in [0.29, 0.717) is 60.8 Å². The van der Waals surface area contributed by atoms with Gasteiger partial charge in [0.15, 0.2) is 5.16 Å². The second-order valence-corrected chi connectivity index (χ2v) is 12.6. The van der Waals surface area contributed by atoms with Crippen LogP contribution in [0, 0.1) is 5.82 Å². The smallest absolute Gasteiger partial charge is 0.353 e. The van der Waals surface area contributed by atoms with Crippen molar-refractivity contribution >= 4 is 17.7 Å². The maximum atomic E-state index is 13.8. The van der Waals surface area contributed by atoms with Crippen LogP contribution in [0.3, 0.4) is 0 Å². The van der Waals surface area contributed by atoms with E-state index >= 15 is 0 Å². The molecule has 1 amide bonds. The first-order valence-electron chi connectivity index (χ1n) is 15.2. The van der Waals surface area contributed by atoms with Crippen molar-refractivity contribution < 1.29 is 22.4 Å². The van der Waals surface area contributed by atoms with Gasteiger partial charge < -0.3 is 14.8 Å². The molecule has 1 heterocycles. The summed E-state index contributed by atoms with van der Waals surface area (Å²) in [6, 6.07) is 18.2. The Hall–Kier alpha value is -3.96. The van der Waals surface area contributed by atoms with E-state index < -0.39 is 17.8 Å². The zero-order valence-electron chi connectivity index (χ0n) is 25.7. The number of likely N-dealkylation sites (N-methyl/N-ethyl adjacent to an activating group) is 1. The van der Waals surface area contributed by atoms with Gasteiger partial charge in [-0.2, -0.15) is 18.2 Å². The first-order chi connectivity index (χ1) is 22.0. The fourth-order valence-corrected chi connectivity index (χ4v) is 6.63. The molecule has 3 aromatic carbocycles. The van der Waals surface area contributed by atoms with Gasteiger partial charge in [-0.3, -0.25) is 9.59 Å². The van der Waals surface area contributed by atoms with Crippen LogP contribution in [0.2, 0.25) is 0 Å². The molecule has 11 heteroatoms. The number of halogens is 4. The maximum Gasteiger partial charge on any atom is 0.416 e. The lowest BCUT2D eigenvalue weighted by Crippen LogP contribution is -2.39. The molecule has 0 saturated carbocycles. The number of aryl methyl sites for hydroxylation is 1. The van der Waals surface area contributed by atoms with E-state index in [1.807, 2.05) is 47.8 Å². The van der Waals surface area contributed by atoms with Crippen molar-refractivity contribution in [1.82, 2.24) is 19.8 Å².